The third kappa shape index (κ3) is 5.91. The van der Waals surface area contributed by atoms with E-state index in [1.54, 1.807) is 42.0 Å². The summed E-state index contributed by atoms with van der Waals surface area (Å²) < 4.78 is 43.9. The van der Waals surface area contributed by atoms with E-state index in [2.05, 4.69) is 20.7 Å². The zero-order valence-electron chi connectivity index (χ0n) is 23.0. The molecule has 41 heavy (non-hydrogen) atoms. The van der Waals surface area contributed by atoms with Gasteiger partial charge in [0.05, 0.1) is 17.5 Å². The van der Waals surface area contributed by atoms with E-state index in [9.17, 15) is 27.6 Å². The first kappa shape index (κ1) is 28.2. The van der Waals surface area contributed by atoms with Crippen LogP contribution in [0.5, 0.6) is 0 Å². The molecule has 218 valence electrons. The molecule has 0 unspecified atom stereocenters. The highest BCUT2D eigenvalue weighted by atomic mass is 19.4. The van der Waals surface area contributed by atoms with Gasteiger partial charge in [0.2, 0.25) is 0 Å². The molecule has 2 aliphatic rings. The van der Waals surface area contributed by atoms with Crippen LogP contribution < -0.4 is 10.6 Å². The van der Waals surface area contributed by atoms with Gasteiger partial charge in [0.1, 0.15) is 0 Å². The number of aromatic nitrogens is 4. The van der Waals surface area contributed by atoms with Crippen LogP contribution in [0.1, 0.15) is 45.1 Å². The van der Waals surface area contributed by atoms with Crippen molar-refractivity contribution in [1.82, 2.24) is 34.4 Å². The second kappa shape index (κ2) is 10.9. The molecule has 4 amide bonds. The van der Waals surface area contributed by atoms with Gasteiger partial charge in [-0.2, -0.15) is 18.3 Å². The van der Waals surface area contributed by atoms with E-state index in [1.807, 2.05) is 0 Å². The van der Waals surface area contributed by atoms with Gasteiger partial charge in [-0.15, -0.1) is 0 Å². The Labute approximate surface area is 234 Å². The molecular formula is C27H31F3N8O3. The Bertz CT molecular complexity index is 1480. The lowest BCUT2D eigenvalue weighted by atomic mass is 10.1. The molecule has 2 fully saturated rings. The molecule has 2 aromatic heterocycles. The van der Waals surface area contributed by atoms with Gasteiger partial charge in [-0.25, -0.2) is 9.78 Å². The Kier molecular flexibility index (Phi) is 7.49. The summed E-state index contributed by atoms with van der Waals surface area (Å²) in [5.74, 6) is -0.522. The average Bonchev–Trinajstić information content (AvgIpc) is 3.51. The predicted molar refractivity (Wildman–Crippen MR) is 143 cm³/mol. The van der Waals surface area contributed by atoms with Gasteiger partial charge in [-0.05, 0) is 49.4 Å². The van der Waals surface area contributed by atoms with Gasteiger partial charge in [-0.1, -0.05) is 0 Å². The maximum absolute atomic E-state index is 13.8. The second-order valence-electron chi connectivity index (χ2n) is 10.4. The molecule has 1 saturated carbocycles. The summed E-state index contributed by atoms with van der Waals surface area (Å²) in [5, 5.41) is 9.08. The van der Waals surface area contributed by atoms with Gasteiger partial charge in [-0.3, -0.25) is 14.3 Å². The maximum atomic E-state index is 13.8. The Morgan fingerprint density at radius 1 is 1.07 bits per heavy atom. The summed E-state index contributed by atoms with van der Waals surface area (Å²) in [5.41, 5.74) is 0.490. The number of hydrogen-bond acceptors (Lipinski definition) is 5. The highest BCUT2D eigenvalue weighted by molar-refractivity contribution is 6.03. The normalized spacial score (nSPS) is 15.7. The molecule has 1 aliphatic heterocycles. The number of halogens is 3. The lowest BCUT2D eigenvalue weighted by Gasteiger charge is -2.34. The van der Waals surface area contributed by atoms with Crippen LogP contribution in [0.25, 0.3) is 11.3 Å². The van der Waals surface area contributed by atoms with E-state index in [0.717, 1.165) is 12.8 Å². The SMILES string of the molecule is CNC(=O)N1CCN(C(=O)c2ccc(NC(=O)c3ncc(-c4cn(CC5CC5)nc4C(F)(F)F)n3C)cc2C)CC1. The van der Waals surface area contributed by atoms with Gasteiger partial charge in [0.25, 0.3) is 11.8 Å². The molecule has 3 heterocycles. The van der Waals surface area contributed by atoms with E-state index in [0.29, 0.717) is 55.5 Å². The molecule has 1 aliphatic carbocycles. The number of alkyl halides is 3. The minimum atomic E-state index is -4.66. The fourth-order valence-electron chi connectivity index (χ4n) is 4.96. The van der Waals surface area contributed by atoms with Crippen molar-refractivity contribution in [2.24, 2.45) is 13.0 Å². The molecule has 3 aromatic rings. The Morgan fingerprint density at radius 2 is 1.76 bits per heavy atom. The van der Waals surface area contributed by atoms with Crippen molar-refractivity contribution in [1.29, 1.82) is 0 Å². The fraction of sp³-hybridized carbons (Fsp3) is 0.444. The minimum absolute atomic E-state index is 0.0742. The number of piperazine rings is 1. The lowest BCUT2D eigenvalue weighted by molar-refractivity contribution is -0.141. The standard InChI is InChI=1S/C27H31F3N8O3/c1-16-12-18(6-7-19(16)25(40)36-8-10-37(11-9-36)26(41)31-2)33-24(39)23-32-13-21(35(23)3)20-15-38(14-17-4-5-17)34-22(20)27(28,29)30/h6-7,12-13,15,17H,4-5,8-11,14H2,1-3H3,(H,31,41)(H,33,39). The zero-order valence-corrected chi connectivity index (χ0v) is 23.0. The molecular weight excluding hydrogens is 541 g/mol. The van der Waals surface area contributed by atoms with Crippen molar-refractivity contribution >= 4 is 23.5 Å². The molecule has 11 nitrogen and oxygen atoms in total. The molecule has 0 radical (unpaired) electrons. The quantitative estimate of drug-likeness (QED) is 0.470. The van der Waals surface area contributed by atoms with Crippen molar-refractivity contribution in [3.8, 4) is 11.3 Å². The van der Waals surface area contributed by atoms with Crippen LogP contribution in [-0.2, 0) is 19.8 Å². The Hall–Kier alpha value is -4.36. The number of urea groups is 1. The summed E-state index contributed by atoms with van der Waals surface area (Å²) in [4.78, 5) is 45.4. The highest BCUT2D eigenvalue weighted by Gasteiger charge is 2.39. The molecule has 0 atom stereocenters. The number of aryl methyl sites for hydroxylation is 1. The average molecular weight is 573 g/mol. The Morgan fingerprint density at radius 3 is 2.37 bits per heavy atom. The summed E-state index contributed by atoms with van der Waals surface area (Å²) in [6.45, 7) is 3.83. The number of benzene rings is 1. The van der Waals surface area contributed by atoms with Crippen molar-refractivity contribution in [2.45, 2.75) is 32.5 Å². The number of hydrogen-bond donors (Lipinski definition) is 2. The van der Waals surface area contributed by atoms with Crippen molar-refractivity contribution in [3.63, 3.8) is 0 Å². The number of carbonyl (C=O) groups excluding carboxylic acids is 3. The number of imidazole rings is 1. The highest BCUT2D eigenvalue weighted by Crippen LogP contribution is 2.38. The van der Waals surface area contributed by atoms with Crippen LogP contribution in [0.15, 0.2) is 30.6 Å². The molecule has 0 spiro atoms. The topological polar surface area (TPSA) is 117 Å². The third-order valence-electron chi connectivity index (χ3n) is 7.42. The number of anilines is 1. The monoisotopic (exact) mass is 572 g/mol. The smallest absolute Gasteiger partial charge is 0.341 e. The summed E-state index contributed by atoms with van der Waals surface area (Å²) in [6, 6.07) is 4.68. The minimum Gasteiger partial charge on any atom is -0.341 e. The summed E-state index contributed by atoms with van der Waals surface area (Å²) >= 11 is 0. The van der Waals surface area contributed by atoms with Crippen LogP contribution in [0.4, 0.5) is 23.7 Å². The molecule has 2 N–H and O–H groups in total. The molecule has 14 heteroatoms. The van der Waals surface area contributed by atoms with E-state index in [1.165, 1.54) is 28.7 Å². The predicted octanol–water partition coefficient (Wildman–Crippen LogP) is 3.37. The molecule has 1 aromatic carbocycles. The van der Waals surface area contributed by atoms with Crippen LogP contribution in [-0.4, -0.2) is 80.2 Å². The van der Waals surface area contributed by atoms with Crippen molar-refractivity contribution in [2.75, 3.05) is 38.5 Å². The molecule has 5 rings (SSSR count). The Balaban J connectivity index is 1.29. The van der Waals surface area contributed by atoms with E-state index in [-0.39, 0.29) is 29.0 Å². The summed E-state index contributed by atoms with van der Waals surface area (Å²) in [6.07, 6.45) is -0.128. The van der Waals surface area contributed by atoms with Crippen molar-refractivity contribution < 1.29 is 27.6 Å². The first-order valence-corrected chi connectivity index (χ1v) is 13.3. The van der Waals surface area contributed by atoms with Gasteiger partial charge in [0, 0.05) is 64.3 Å². The first-order chi connectivity index (χ1) is 19.5. The molecule has 0 bridgehead atoms. The number of carbonyl (C=O) groups is 3. The third-order valence-corrected chi connectivity index (χ3v) is 7.42. The number of nitrogens with zero attached hydrogens (tertiary/aromatic N) is 6. The van der Waals surface area contributed by atoms with Crippen LogP contribution in [0, 0.1) is 12.8 Å². The van der Waals surface area contributed by atoms with Gasteiger partial charge < -0.3 is 25.0 Å². The first-order valence-electron chi connectivity index (χ1n) is 13.3. The van der Waals surface area contributed by atoms with E-state index < -0.39 is 17.8 Å². The van der Waals surface area contributed by atoms with Crippen LogP contribution in [0.2, 0.25) is 0 Å². The number of amides is 4. The maximum Gasteiger partial charge on any atom is 0.435 e. The van der Waals surface area contributed by atoms with Crippen LogP contribution in [0.3, 0.4) is 0 Å². The molecule has 1 saturated heterocycles. The van der Waals surface area contributed by atoms with Gasteiger partial charge in [0.15, 0.2) is 11.5 Å². The number of nitrogens with one attached hydrogen (secondary N) is 2. The largest absolute Gasteiger partial charge is 0.435 e. The van der Waals surface area contributed by atoms with Crippen molar-refractivity contribution in [3.05, 3.63) is 53.2 Å². The van der Waals surface area contributed by atoms with Crippen LogP contribution >= 0.6 is 0 Å². The lowest BCUT2D eigenvalue weighted by Crippen LogP contribution is -2.52. The fourth-order valence-corrected chi connectivity index (χ4v) is 4.96. The number of rotatable bonds is 6. The summed E-state index contributed by atoms with van der Waals surface area (Å²) in [7, 11) is 3.04. The van der Waals surface area contributed by atoms with E-state index in [4.69, 9.17) is 0 Å². The zero-order chi connectivity index (χ0) is 29.5. The van der Waals surface area contributed by atoms with E-state index >= 15 is 0 Å². The van der Waals surface area contributed by atoms with Gasteiger partial charge >= 0.3 is 12.2 Å². The second-order valence-corrected chi connectivity index (χ2v) is 10.4.